The van der Waals surface area contributed by atoms with Crippen LogP contribution in [-0.4, -0.2) is 44.7 Å². The maximum atomic E-state index is 13.5. The van der Waals surface area contributed by atoms with E-state index in [-0.39, 0.29) is 36.1 Å². The van der Waals surface area contributed by atoms with Gasteiger partial charge in [0.05, 0.1) is 12.0 Å². The van der Waals surface area contributed by atoms with Crippen molar-refractivity contribution in [3.05, 3.63) is 88.6 Å². The van der Waals surface area contributed by atoms with Gasteiger partial charge in [0.25, 0.3) is 5.56 Å². The summed E-state index contributed by atoms with van der Waals surface area (Å²) in [6.45, 7) is 3.60. The number of likely N-dealkylation sites (N-methyl/N-ethyl adjacent to an activating group) is 1. The Balaban J connectivity index is 1.51. The van der Waals surface area contributed by atoms with Gasteiger partial charge in [-0.1, -0.05) is 43.3 Å². The molecule has 2 bridgehead atoms. The topological polar surface area (TPSA) is 87.5 Å². The SMILES string of the molecule is CCN1[C@@H]2Cn3c(ccc(-c4cccnc4)c3=O)[C@H]1[C@@H](C(=O)NCc1ccccc1)[C@@H]2CO. The summed E-state index contributed by atoms with van der Waals surface area (Å²) in [4.78, 5) is 33.3. The number of amides is 1. The third kappa shape index (κ3) is 3.67. The Morgan fingerprint density at radius 2 is 1.97 bits per heavy atom. The first-order chi connectivity index (χ1) is 16.1. The van der Waals surface area contributed by atoms with E-state index in [1.807, 2.05) is 54.6 Å². The molecule has 2 aliphatic heterocycles. The van der Waals surface area contributed by atoms with E-state index >= 15 is 0 Å². The quantitative estimate of drug-likeness (QED) is 0.609. The molecule has 0 aliphatic carbocycles. The predicted octanol–water partition coefficient (Wildman–Crippen LogP) is 2.21. The maximum Gasteiger partial charge on any atom is 0.258 e. The van der Waals surface area contributed by atoms with Crippen molar-refractivity contribution in [3.8, 4) is 11.1 Å². The van der Waals surface area contributed by atoms with Crippen molar-refractivity contribution in [2.45, 2.75) is 32.1 Å². The van der Waals surface area contributed by atoms with Crippen molar-refractivity contribution in [3.63, 3.8) is 0 Å². The van der Waals surface area contributed by atoms with Gasteiger partial charge in [0.2, 0.25) is 5.91 Å². The Labute approximate surface area is 192 Å². The molecule has 0 unspecified atom stereocenters. The summed E-state index contributed by atoms with van der Waals surface area (Å²) in [5.74, 6) is -0.756. The molecule has 1 amide bonds. The molecule has 4 atom stereocenters. The van der Waals surface area contributed by atoms with Gasteiger partial charge < -0.3 is 15.0 Å². The summed E-state index contributed by atoms with van der Waals surface area (Å²) in [5.41, 5.74) is 3.16. The fourth-order valence-corrected chi connectivity index (χ4v) is 5.60. The molecule has 1 fully saturated rings. The molecule has 2 aromatic heterocycles. The van der Waals surface area contributed by atoms with E-state index in [9.17, 15) is 14.7 Å². The lowest BCUT2D eigenvalue weighted by Gasteiger charge is -2.37. The second-order valence-electron chi connectivity index (χ2n) is 8.75. The molecule has 0 radical (unpaired) electrons. The van der Waals surface area contributed by atoms with Crippen LogP contribution in [0.5, 0.6) is 0 Å². The zero-order chi connectivity index (χ0) is 22.9. The summed E-state index contributed by atoms with van der Waals surface area (Å²) in [5, 5.41) is 13.4. The molecular formula is C26H28N4O3. The minimum atomic E-state index is -0.430. The number of aromatic nitrogens is 2. The summed E-state index contributed by atoms with van der Waals surface area (Å²) < 4.78 is 1.80. The molecule has 2 N–H and O–H groups in total. The zero-order valence-corrected chi connectivity index (χ0v) is 18.6. The van der Waals surface area contributed by atoms with Crippen LogP contribution in [0.25, 0.3) is 11.1 Å². The monoisotopic (exact) mass is 444 g/mol. The number of fused-ring (bicyclic) bond motifs is 4. The van der Waals surface area contributed by atoms with Gasteiger partial charge in [-0.3, -0.25) is 19.5 Å². The van der Waals surface area contributed by atoms with E-state index in [4.69, 9.17) is 0 Å². The lowest BCUT2D eigenvalue weighted by molar-refractivity contribution is -0.127. The van der Waals surface area contributed by atoms with E-state index in [0.717, 1.165) is 23.4 Å². The molecule has 7 nitrogen and oxygen atoms in total. The average molecular weight is 445 g/mol. The van der Waals surface area contributed by atoms with Crippen molar-refractivity contribution in [1.29, 1.82) is 0 Å². The zero-order valence-electron chi connectivity index (χ0n) is 18.6. The number of aliphatic hydroxyl groups is 1. The van der Waals surface area contributed by atoms with Crippen LogP contribution in [0.3, 0.4) is 0 Å². The number of pyridine rings is 2. The number of carbonyl (C=O) groups excluding carboxylic acids is 1. The second kappa shape index (κ2) is 8.92. The summed E-state index contributed by atoms with van der Waals surface area (Å²) in [6.07, 6.45) is 3.37. The van der Waals surface area contributed by atoms with Gasteiger partial charge in [0, 0.05) is 60.9 Å². The molecule has 7 heteroatoms. The van der Waals surface area contributed by atoms with Crippen molar-refractivity contribution in [2.75, 3.05) is 13.2 Å². The third-order valence-electron chi connectivity index (χ3n) is 7.12. The number of hydrogen-bond acceptors (Lipinski definition) is 5. The first-order valence-corrected chi connectivity index (χ1v) is 11.5. The molecule has 0 spiro atoms. The van der Waals surface area contributed by atoms with E-state index in [2.05, 4.69) is 22.1 Å². The fourth-order valence-electron chi connectivity index (χ4n) is 5.60. The number of benzene rings is 1. The molecule has 1 aromatic carbocycles. The number of aliphatic hydroxyl groups excluding tert-OH is 1. The molecule has 0 saturated carbocycles. The van der Waals surface area contributed by atoms with Crippen LogP contribution in [0, 0.1) is 11.8 Å². The van der Waals surface area contributed by atoms with Gasteiger partial charge >= 0.3 is 0 Å². The summed E-state index contributed by atoms with van der Waals surface area (Å²) >= 11 is 0. The fraction of sp³-hybridized carbons (Fsp3) is 0.346. The van der Waals surface area contributed by atoms with Crippen LogP contribution in [0.15, 0.2) is 71.8 Å². The Morgan fingerprint density at radius 3 is 2.67 bits per heavy atom. The van der Waals surface area contributed by atoms with Gasteiger partial charge in [0.15, 0.2) is 0 Å². The first kappa shape index (κ1) is 21.6. The van der Waals surface area contributed by atoms with Gasteiger partial charge in [-0.05, 0) is 30.3 Å². The Kier molecular flexibility index (Phi) is 5.83. The van der Waals surface area contributed by atoms with Crippen molar-refractivity contribution >= 4 is 5.91 Å². The van der Waals surface area contributed by atoms with E-state index in [0.29, 0.717) is 18.7 Å². The van der Waals surface area contributed by atoms with Gasteiger partial charge in [-0.15, -0.1) is 0 Å². The third-order valence-corrected chi connectivity index (χ3v) is 7.12. The van der Waals surface area contributed by atoms with Crippen LogP contribution < -0.4 is 10.9 Å². The minimum absolute atomic E-state index is 0.0757. The summed E-state index contributed by atoms with van der Waals surface area (Å²) in [7, 11) is 0. The molecule has 4 heterocycles. The number of rotatable bonds is 6. The molecule has 170 valence electrons. The van der Waals surface area contributed by atoms with Crippen molar-refractivity contribution in [2.24, 2.45) is 11.8 Å². The van der Waals surface area contributed by atoms with E-state index in [1.54, 1.807) is 17.0 Å². The normalized spacial score (nSPS) is 23.8. The molecule has 2 aliphatic rings. The first-order valence-electron chi connectivity index (χ1n) is 11.5. The maximum absolute atomic E-state index is 13.5. The van der Waals surface area contributed by atoms with E-state index < -0.39 is 5.92 Å². The smallest absolute Gasteiger partial charge is 0.258 e. The highest BCUT2D eigenvalue weighted by molar-refractivity contribution is 5.80. The molecular weight excluding hydrogens is 416 g/mol. The molecule has 5 rings (SSSR count). The minimum Gasteiger partial charge on any atom is -0.396 e. The molecule has 3 aromatic rings. The molecule has 33 heavy (non-hydrogen) atoms. The Morgan fingerprint density at radius 1 is 1.15 bits per heavy atom. The lowest BCUT2D eigenvalue weighted by atomic mass is 9.86. The van der Waals surface area contributed by atoms with Crippen molar-refractivity contribution < 1.29 is 9.90 Å². The van der Waals surface area contributed by atoms with Gasteiger partial charge in [-0.2, -0.15) is 0 Å². The Hall–Kier alpha value is -3.29. The van der Waals surface area contributed by atoms with E-state index in [1.165, 1.54) is 0 Å². The van der Waals surface area contributed by atoms with Crippen LogP contribution in [0.4, 0.5) is 0 Å². The standard InChI is InChI=1S/C26H28N4O3/c1-2-29-22-15-30-21(11-10-19(26(30)33)18-9-6-12-27-14-18)24(29)23(20(22)16-31)25(32)28-13-17-7-4-3-5-8-17/h3-12,14,20,22-24,31H,2,13,15-16H2,1H3,(H,28,32)/t20-,22-,23+,24+/m1/s1. The second-order valence-corrected chi connectivity index (χ2v) is 8.75. The number of hydrogen-bond donors (Lipinski definition) is 2. The van der Waals surface area contributed by atoms with Gasteiger partial charge in [-0.25, -0.2) is 0 Å². The van der Waals surface area contributed by atoms with Crippen LogP contribution in [-0.2, 0) is 17.9 Å². The molecule has 1 saturated heterocycles. The van der Waals surface area contributed by atoms with Gasteiger partial charge in [0.1, 0.15) is 0 Å². The predicted molar refractivity (Wildman–Crippen MR) is 125 cm³/mol. The largest absolute Gasteiger partial charge is 0.396 e. The highest BCUT2D eigenvalue weighted by Gasteiger charge is 2.55. The Bertz CT molecular complexity index is 1200. The highest BCUT2D eigenvalue weighted by Crippen LogP contribution is 2.48. The van der Waals surface area contributed by atoms with Crippen LogP contribution in [0.2, 0.25) is 0 Å². The highest BCUT2D eigenvalue weighted by atomic mass is 16.3. The van der Waals surface area contributed by atoms with Crippen LogP contribution in [0.1, 0.15) is 24.2 Å². The number of nitrogens with zero attached hydrogens (tertiary/aromatic N) is 3. The lowest BCUT2D eigenvalue weighted by Crippen LogP contribution is -2.46. The number of carbonyl (C=O) groups is 1. The average Bonchev–Trinajstić information content (AvgIpc) is 3.09. The summed E-state index contributed by atoms with van der Waals surface area (Å²) in [6, 6.07) is 17.0. The number of nitrogens with one attached hydrogen (secondary N) is 1. The van der Waals surface area contributed by atoms with Crippen LogP contribution >= 0.6 is 0 Å². The van der Waals surface area contributed by atoms with Crippen molar-refractivity contribution in [1.82, 2.24) is 19.8 Å².